The van der Waals surface area contributed by atoms with Gasteiger partial charge in [0, 0.05) is 6.42 Å². The lowest BCUT2D eigenvalue weighted by molar-refractivity contribution is -0.121. The van der Waals surface area contributed by atoms with Gasteiger partial charge in [-0.05, 0) is 12.1 Å². The van der Waals surface area contributed by atoms with Gasteiger partial charge in [-0.1, -0.05) is 25.1 Å². The van der Waals surface area contributed by atoms with E-state index in [4.69, 9.17) is 0 Å². The molecule has 2 amide bonds. The number of benzene rings is 1. The second kappa shape index (κ2) is 5.87. The normalized spacial score (nSPS) is 10.1. The third-order valence-corrected chi connectivity index (χ3v) is 2.57. The molecule has 0 radical (unpaired) electrons. The van der Waals surface area contributed by atoms with Crippen molar-refractivity contribution in [1.29, 1.82) is 0 Å². The van der Waals surface area contributed by atoms with E-state index in [0.29, 0.717) is 5.69 Å². The summed E-state index contributed by atoms with van der Waals surface area (Å²) in [4.78, 5) is 22.8. The number of hydrogen-bond donors (Lipinski definition) is 3. The van der Waals surface area contributed by atoms with E-state index in [-0.39, 0.29) is 23.8 Å². The molecule has 2 aromatic rings. The molecule has 7 heteroatoms. The van der Waals surface area contributed by atoms with Gasteiger partial charge in [0.05, 0.1) is 11.9 Å². The number of hydrazine groups is 1. The number of carbonyl (C=O) groups excluding carboxylic acids is 2. The highest BCUT2D eigenvalue weighted by atomic mass is 16.3. The maximum Gasteiger partial charge on any atom is 0.294 e. The van der Waals surface area contributed by atoms with E-state index in [1.165, 1.54) is 10.9 Å². The lowest BCUT2D eigenvalue weighted by atomic mass is 10.3. The molecule has 0 saturated heterocycles. The molecule has 0 saturated carbocycles. The van der Waals surface area contributed by atoms with Gasteiger partial charge in [-0.25, -0.2) is 4.68 Å². The van der Waals surface area contributed by atoms with Crippen LogP contribution >= 0.6 is 0 Å². The second-order valence-electron chi connectivity index (χ2n) is 4.00. The molecule has 0 aliphatic heterocycles. The second-order valence-corrected chi connectivity index (χ2v) is 4.00. The number of hydrogen-bond acceptors (Lipinski definition) is 4. The highest BCUT2D eigenvalue weighted by molar-refractivity contribution is 5.95. The lowest BCUT2D eigenvalue weighted by Gasteiger charge is -2.04. The molecule has 0 unspecified atom stereocenters. The maximum absolute atomic E-state index is 11.8. The van der Waals surface area contributed by atoms with E-state index < -0.39 is 5.91 Å². The molecule has 104 valence electrons. The molecule has 0 aliphatic carbocycles. The Morgan fingerprint density at radius 3 is 2.60 bits per heavy atom. The summed E-state index contributed by atoms with van der Waals surface area (Å²) >= 11 is 0. The lowest BCUT2D eigenvalue weighted by Crippen LogP contribution is -2.41. The van der Waals surface area contributed by atoms with E-state index in [1.807, 2.05) is 18.2 Å². The van der Waals surface area contributed by atoms with Crippen LogP contribution in [0.3, 0.4) is 0 Å². The first-order valence-corrected chi connectivity index (χ1v) is 6.05. The Kier molecular flexibility index (Phi) is 3.99. The average molecular weight is 274 g/mol. The highest BCUT2D eigenvalue weighted by Crippen LogP contribution is 2.17. The summed E-state index contributed by atoms with van der Waals surface area (Å²) in [6.07, 6.45) is 1.57. The molecule has 7 nitrogen and oxygen atoms in total. The fourth-order valence-electron chi connectivity index (χ4n) is 1.51. The number of carbonyl (C=O) groups is 2. The number of amides is 2. The Bertz CT molecular complexity index is 622. The third kappa shape index (κ3) is 2.94. The molecular formula is C13H14N4O3. The molecule has 0 bridgehead atoms. The minimum Gasteiger partial charge on any atom is -0.504 e. The van der Waals surface area contributed by atoms with Crippen molar-refractivity contribution >= 4 is 11.8 Å². The fraction of sp³-hybridized carbons (Fsp3) is 0.154. The number of rotatable bonds is 3. The summed E-state index contributed by atoms with van der Waals surface area (Å²) in [5.74, 6) is -1.28. The fourth-order valence-corrected chi connectivity index (χ4v) is 1.51. The van der Waals surface area contributed by atoms with Crippen LogP contribution in [0.4, 0.5) is 0 Å². The summed E-state index contributed by atoms with van der Waals surface area (Å²) in [5, 5.41) is 13.7. The Morgan fingerprint density at radius 2 is 1.95 bits per heavy atom. The zero-order chi connectivity index (χ0) is 14.5. The van der Waals surface area contributed by atoms with Gasteiger partial charge in [0.25, 0.3) is 5.91 Å². The van der Waals surface area contributed by atoms with Crippen LogP contribution in [-0.2, 0) is 4.79 Å². The van der Waals surface area contributed by atoms with Gasteiger partial charge in [-0.3, -0.25) is 20.4 Å². The average Bonchev–Trinajstić information content (AvgIpc) is 2.87. The molecule has 3 N–H and O–H groups in total. The van der Waals surface area contributed by atoms with Gasteiger partial charge in [-0.2, -0.15) is 5.10 Å². The third-order valence-electron chi connectivity index (χ3n) is 2.57. The van der Waals surface area contributed by atoms with E-state index in [2.05, 4.69) is 16.0 Å². The first kappa shape index (κ1) is 13.6. The summed E-state index contributed by atoms with van der Waals surface area (Å²) < 4.78 is 1.38. The standard InChI is InChI=1S/C13H14N4O3/c1-2-11(19)14-15-13(20)12-10(18)8-17(16-12)9-6-4-3-5-7-9/h3-8,18H,2H2,1H3,(H,14,19)(H,15,20). The van der Waals surface area contributed by atoms with Crippen LogP contribution in [0.2, 0.25) is 0 Å². The monoisotopic (exact) mass is 274 g/mol. The SMILES string of the molecule is CCC(=O)NNC(=O)c1nn(-c2ccccc2)cc1O. The van der Waals surface area contributed by atoms with Gasteiger partial charge in [0.15, 0.2) is 11.4 Å². The van der Waals surface area contributed by atoms with Gasteiger partial charge in [0.2, 0.25) is 5.91 Å². The predicted octanol–water partition coefficient (Wildman–Crippen LogP) is 0.749. The zero-order valence-corrected chi connectivity index (χ0v) is 10.8. The van der Waals surface area contributed by atoms with Gasteiger partial charge in [0.1, 0.15) is 0 Å². The van der Waals surface area contributed by atoms with Crippen molar-refractivity contribution in [2.75, 3.05) is 0 Å². The van der Waals surface area contributed by atoms with E-state index in [0.717, 1.165) is 0 Å². The van der Waals surface area contributed by atoms with Crippen LogP contribution < -0.4 is 10.9 Å². The van der Waals surface area contributed by atoms with Crippen LogP contribution in [0, 0.1) is 0 Å². The van der Waals surface area contributed by atoms with Crippen LogP contribution in [-0.4, -0.2) is 26.7 Å². The molecule has 0 atom stereocenters. The number of aromatic nitrogens is 2. The maximum atomic E-state index is 11.8. The predicted molar refractivity (Wildman–Crippen MR) is 71.1 cm³/mol. The Labute approximate surface area is 115 Å². The quantitative estimate of drug-likeness (QED) is 0.719. The van der Waals surface area contributed by atoms with Crippen molar-refractivity contribution in [3.63, 3.8) is 0 Å². The molecule has 2 rings (SSSR count). The first-order valence-electron chi connectivity index (χ1n) is 6.05. The molecule has 0 aliphatic rings. The van der Waals surface area contributed by atoms with Crippen molar-refractivity contribution < 1.29 is 14.7 Å². The summed E-state index contributed by atoms with van der Waals surface area (Å²) in [5.41, 5.74) is 4.93. The van der Waals surface area contributed by atoms with Crippen LogP contribution in [0.1, 0.15) is 23.8 Å². The van der Waals surface area contributed by atoms with E-state index in [1.54, 1.807) is 19.1 Å². The smallest absolute Gasteiger partial charge is 0.294 e. The van der Waals surface area contributed by atoms with Crippen LogP contribution in [0.15, 0.2) is 36.5 Å². The van der Waals surface area contributed by atoms with Crippen LogP contribution in [0.5, 0.6) is 5.75 Å². The molecule has 1 aromatic heterocycles. The van der Waals surface area contributed by atoms with Gasteiger partial charge >= 0.3 is 0 Å². The first-order chi connectivity index (χ1) is 9.61. The van der Waals surface area contributed by atoms with Crippen molar-refractivity contribution in [3.8, 4) is 11.4 Å². The zero-order valence-electron chi connectivity index (χ0n) is 10.8. The van der Waals surface area contributed by atoms with E-state index in [9.17, 15) is 14.7 Å². The summed E-state index contributed by atoms with van der Waals surface area (Å²) in [6, 6.07) is 9.05. The number of nitrogens with one attached hydrogen (secondary N) is 2. The summed E-state index contributed by atoms with van der Waals surface area (Å²) in [7, 11) is 0. The molecule has 1 heterocycles. The Balaban J connectivity index is 2.15. The summed E-state index contributed by atoms with van der Waals surface area (Å²) in [6.45, 7) is 1.66. The van der Waals surface area contributed by atoms with Crippen molar-refractivity contribution in [2.24, 2.45) is 0 Å². The Morgan fingerprint density at radius 1 is 1.25 bits per heavy atom. The topological polar surface area (TPSA) is 96.3 Å². The van der Waals surface area contributed by atoms with Crippen molar-refractivity contribution in [3.05, 3.63) is 42.2 Å². The van der Waals surface area contributed by atoms with Crippen LogP contribution in [0.25, 0.3) is 5.69 Å². The molecule has 20 heavy (non-hydrogen) atoms. The molecule has 0 fully saturated rings. The molecular weight excluding hydrogens is 260 g/mol. The molecule has 0 spiro atoms. The number of para-hydroxylation sites is 1. The minimum absolute atomic E-state index is 0.162. The van der Waals surface area contributed by atoms with Crippen molar-refractivity contribution in [1.82, 2.24) is 20.6 Å². The van der Waals surface area contributed by atoms with Crippen molar-refractivity contribution in [2.45, 2.75) is 13.3 Å². The largest absolute Gasteiger partial charge is 0.504 e. The minimum atomic E-state index is -0.681. The van der Waals surface area contributed by atoms with E-state index >= 15 is 0 Å². The number of nitrogens with zero attached hydrogens (tertiary/aromatic N) is 2. The highest BCUT2D eigenvalue weighted by Gasteiger charge is 2.17. The van der Waals surface area contributed by atoms with Gasteiger partial charge in [-0.15, -0.1) is 0 Å². The number of aromatic hydroxyl groups is 1. The molecule has 1 aromatic carbocycles. The Hall–Kier alpha value is -2.83. The van der Waals surface area contributed by atoms with Gasteiger partial charge < -0.3 is 5.11 Å².